The molecule has 0 saturated heterocycles. The Kier molecular flexibility index (Phi) is 6.89. The summed E-state index contributed by atoms with van der Waals surface area (Å²) in [7, 11) is 3.95. The van der Waals surface area contributed by atoms with Crippen molar-refractivity contribution >= 4 is 11.7 Å². The smallest absolute Gasteiger partial charge is 0.252 e. The van der Waals surface area contributed by atoms with Crippen LogP contribution < -0.4 is 10.6 Å². The zero-order valence-electron chi connectivity index (χ0n) is 12.1. The molecule has 0 atom stereocenters. The van der Waals surface area contributed by atoms with Crippen LogP contribution in [0.1, 0.15) is 30.1 Å². The summed E-state index contributed by atoms with van der Waals surface area (Å²) in [5.74, 6) is 0.743. The highest BCUT2D eigenvalue weighted by Crippen LogP contribution is 2.05. The van der Waals surface area contributed by atoms with Crippen molar-refractivity contribution in [2.75, 3.05) is 39.0 Å². The van der Waals surface area contributed by atoms with E-state index in [4.69, 9.17) is 0 Å². The van der Waals surface area contributed by atoms with Crippen LogP contribution in [0.3, 0.4) is 0 Å². The third kappa shape index (κ3) is 6.20. The normalized spacial score (nSPS) is 10.5. The summed E-state index contributed by atoms with van der Waals surface area (Å²) in [6.45, 7) is 4.53. The van der Waals surface area contributed by atoms with Gasteiger partial charge in [-0.1, -0.05) is 13.3 Å². The molecule has 0 spiro atoms. The molecular weight excluding hydrogens is 240 g/mol. The molecule has 19 heavy (non-hydrogen) atoms. The van der Waals surface area contributed by atoms with Gasteiger partial charge in [0.2, 0.25) is 0 Å². The van der Waals surface area contributed by atoms with E-state index in [1.54, 1.807) is 12.3 Å². The van der Waals surface area contributed by atoms with Crippen LogP contribution in [0.15, 0.2) is 18.3 Å². The molecule has 106 valence electrons. The number of carbonyl (C=O) groups is 1. The van der Waals surface area contributed by atoms with E-state index < -0.39 is 0 Å². The summed E-state index contributed by atoms with van der Waals surface area (Å²) < 4.78 is 0. The number of likely N-dealkylation sites (N-methyl/N-ethyl adjacent to an activating group) is 1. The third-order valence-corrected chi connectivity index (χ3v) is 2.71. The highest BCUT2D eigenvalue weighted by atomic mass is 16.1. The molecule has 1 aromatic heterocycles. The molecule has 1 amide bonds. The maximum Gasteiger partial charge on any atom is 0.252 e. The average Bonchev–Trinajstić information content (AvgIpc) is 2.39. The largest absolute Gasteiger partial charge is 0.370 e. The first-order chi connectivity index (χ1) is 9.13. The second kappa shape index (κ2) is 8.48. The first-order valence-corrected chi connectivity index (χ1v) is 6.76. The Labute approximate surface area is 115 Å². The number of nitrogens with one attached hydrogen (secondary N) is 2. The van der Waals surface area contributed by atoms with Gasteiger partial charge in [-0.2, -0.15) is 0 Å². The molecule has 0 aliphatic rings. The van der Waals surface area contributed by atoms with E-state index in [0.717, 1.165) is 31.7 Å². The summed E-state index contributed by atoms with van der Waals surface area (Å²) >= 11 is 0. The minimum Gasteiger partial charge on any atom is -0.370 e. The van der Waals surface area contributed by atoms with E-state index in [0.29, 0.717) is 12.1 Å². The van der Waals surface area contributed by atoms with Crippen molar-refractivity contribution in [3.8, 4) is 0 Å². The van der Waals surface area contributed by atoms with E-state index >= 15 is 0 Å². The Balaban J connectivity index is 2.39. The molecule has 0 saturated carbocycles. The molecule has 1 heterocycles. The number of aromatic nitrogens is 1. The van der Waals surface area contributed by atoms with Gasteiger partial charge in [0.15, 0.2) is 0 Å². The lowest BCUT2D eigenvalue weighted by Gasteiger charge is -2.10. The predicted octanol–water partition coefficient (Wildman–Crippen LogP) is 1.58. The SMILES string of the molecule is CCCCNc1ccc(C(=O)NCCN(C)C)cn1. The van der Waals surface area contributed by atoms with Gasteiger partial charge in [0.05, 0.1) is 5.56 Å². The Morgan fingerprint density at radius 2 is 2.11 bits per heavy atom. The van der Waals surface area contributed by atoms with Crippen molar-refractivity contribution in [2.24, 2.45) is 0 Å². The van der Waals surface area contributed by atoms with Gasteiger partial charge < -0.3 is 15.5 Å². The van der Waals surface area contributed by atoms with Crippen LogP contribution in [-0.4, -0.2) is 49.5 Å². The van der Waals surface area contributed by atoms with Gasteiger partial charge in [-0.15, -0.1) is 0 Å². The first-order valence-electron chi connectivity index (χ1n) is 6.76. The van der Waals surface area contributed by atoms with Gasteiger partial charge in [0, 0.05) is 25.8 Å². The van der Waals surface area contributed by atoms with Crippen LogP contribution in [0.4, 0.5) is 5.82 Å². The standard InChI is InChI=1S/C14H24N4O/c1-4-5-8-15-13-7-6-12(11-17-13)14(19)16-9-10-18(2)3/h6-7,11H,4-5,8-10H2,1-3H3,(H,15,17)(H,16,19). The fourth-order valence-corrected chi connectivity index (χ4v) is 1.52. The number of hydrogen-bond donors (Lipinski definition) is 2. The summed E-state index contributed by atoms with van der Waals surface area (Å²) in [6, 6.07) is 3.64. The molecule has 0 aliphatic heterocycles. The Bertz CT molecular complexity index is 376. The van der Waals surface area contributed by atoms with Crippen LogP contribution in [0.2, 0.25) is 0 Å². The number of carbonyl (C=O) groups excluding carboxylic acids is 1. The number of rotatable bonds is 8. The lowest BCUT2D eigenvalue weighted by molar-refractivity contribution is 0.0950. The average molecular weight is 264 g/mol. The number of nitrogens with zero attached hydrogens (tertiary/aromatic N) is 2. The number of amides is 1. The molecule has 0 fully saturated rings. The molecule has 0 aliphatic carbocycles. The fourth-order valence-electron chi connectivity index (χ4n) is 1.52. The van der Waals surface area contributed by atoms with Gasteiger partial charge in [0.1, 0.15) is 5.82 Å². The minimum absolute atomic E-state index is 0.0746. The van der Waals surface area contributed by atoms with E-state index in [2.05, 4.69) is 22.5 Å². The van der Waals surface area contributed by atoms with Crippen molar-refractivity contribution < 1.29 is 4.79 Å². The molecule has 1 aromatic rings. The zero-order valence-corrected chi connectivity index (χ0v) is 12.1. The topological polar surface area (TPSA) is 57.3 Å². The molecule has 0 unspecified atom stereocenters. The van der Waals surface area contributed by atoms with Crippen molar-refractivity contribution in [2.45, 2.75) is 19.8 Å². The minimum atomic E-state index is -0.0746. The molecule has 1 rings (SSSR count). The molecule has 0 aromatic carbocycles. The fraction of sp³-hybridized carbons (Fsp3) is 0.571. The van der Waals surface area contributed by atoms with Gasteiger partial charge in [-0.05, 0) is 32.6 Å². The molecular formula is C14H24N4O. The molecule has 0 bridgehead atoms. The van der Waals surface area contributed by atoms with Crippen molar-refractivity contribution in [1.82, 2.24) is 15.2 Å². The quantitative estimate of drug-likeness (QED) is 0.700. The second-order valence-electron chi connectivity index (χ2n) is 4.77. The van der Waals surface area contributed by atoms with Crippen LogP contribution >= 0.6 is 0 Å². The highest BCUT2D eigenvalue weighted by Gasteiger charge is 2.05. The monoisotopic (exact) mass is 264 g/mol. The predicted molar refractivity (Wildman–Crippen MR) is 78.5 cm³/mol. The van der Waals surface area contributed by atoms with Crippen LogP contribution in [0.5, 0.6) is 0 Å². The first kappa shape index (κ1) is 15.4. The van der Waals surface area contributed by atoms with E-state index in [-0.39, 0.29) is 5.91 Å². The summed E-state index contributed by atoms with van der Waals surface area (Å²) in [6.07, 6.45) is 3.88. The Morgan fingerprint density at radius 1 is 1.32 bits per heavy atom. The van der Waals surface area contributed by atoms with E-state index in [1.807, 2.05) is 25.1 Å². The maximum atomic E-state index is 11.8. The van der Waals surface area contributed by atoms with Gasteiger partial charge in [0.25, 0.3) is 5.91 Å². The van der Waals surface area contributed by atoms with Crippen LogP contribution in [0, 0.1) is 0 Å². The summed E-state index contributed by atoms with van der Waals surface area (Å²) in [5, 5.41) is 6.08. The van der Waals surface area contributed by atoms with Gasteiger partial charge in [-0.25, -0.2) is 4.98 Å². The van der Waals surface area contributed by atoms with Gasteiger partial charge in [-0.3, -0.25) is 4.79 Å². The zero-order chi connectivity index (χ0) is 14.1. The van der Waals surface area contributed by atoms with Gasteiger partial charge >= 0.3 is 0 Å². The third-order valence-electron chi connectivity index (χ3n) is 2.71. The maximum absolute atomic E-state index is 11.8. The van der Waals surface area contributed by atoms with Crippen molar-refractivity contribution in [1.29, 1.82) is 0 Å². The molecule has 5 heteroatoms. The van der Waals surface area contributed by atoms with Crippen molar-refractivity contribution in [3.63, 3.8) is 0 Å². The Morgan fingerprint density at radius 3 is 2.68 bits per heavy atom. The van der Waals surface area contributed by atoms with Crippen LogP contribution in [0.25, 0.3) is 0 Å². The Hall–Kier alpha value is -1.62. The van der Waals surface area contributed by atoms with Crippen molar-refractivity contribution in [3.05, 3.63) is 23.9 Å². The molecule has 0 radical (unpaired) electrons. The highest BCUT2D eigenvalue weighted by molar-refractivity contribution is 5.94. The van der Waals surface area contributed by atoms with E-state index in [1.165, 1.54) is 0 Å². The summed E-state index contributed by atoms with van der Waals surface area (Å²) in [4.78, 5) is 18.1. The number of unbranched alkanes of at least 4 members (excludes halogenated alkanes) is 1. The second-order valence-corrected chi connectivity index (χ2v) is 4.77. The molecule has 2 N–H and O–H groups in total. The molecule has 5 nitrogen and oxygen atoms in total. The lowest BCUT2D eigenvalue weighted by atomic mass is 10.2. The van der Waals surface area contributed by atoms with E-state index in [9.17, 15) is 4.79 Å². The summed E-state index contributed by atoms with van der Waals surface area (Å²) in [5.41, 5.74) is 0.597. The van der Waals surface area contributed by atoms with Crippen LogP contribution in [-0.2, 0) is 0 Å². The lowest BCUT2D eigenvalue weighted by Crippen LogP contribution is -2.31. The number of pyridine rings is 1. The number of anilines is 1. The number of hydrogen-bond acceptors (Lipinski definition) is 4.